The predicted octanol–water partition coefficient (Wildman–Crippen LogP) is 0.969. The number of carbonyl (C=O) groups is 1. The molecule has 1 aromatic rings. The van der Waals surface area contributed by atoms with Crippen molar-refractivity contribution in [1.29, 1.82) is 0 Å². The molecule has 0 spiro atoms. The third-order valence-electron chi connectivity index (χ3n) is 3.43. The summed E-state index contributed by atoms with van der Waals surface area (Å²) in [5.74, 6) is -0.366. The largest absolute Gasteiger partial charge is 0.366 e. The number of carbonyl (C=O) groups excluding carboxylic acids is 1. The van der Waals surface area contributed by atoms with Crippen LogP contribution in [0.2, 0.25) is 0 Å². The van der Waals surface area contributed by atoms with Crippen LogP contribution in [0.1, 0.15) is 28.8 Å². The number of benzene rings is 1. The summed E-state index contributed by atoms with van der Waals surface area (Å²) in [6, 6.07) is 8.05. The summed E-state index contributed by atoms with van der Waals surface area (Å²) in [6.07, 6.45) is 2.47. The van der Waals surface area contributed by atoms with Crippen LogP contribution in [-0.2, 0) is 6.54 Å². The molecule has 0 bridgehead atoms. The van der Waals surface area contributed by atoms with Gasteiger partial charge in [-0.15, -0.1) is 0 Å². The number of rotatable bonds is 4. The molecule has 1 atom stereocenters. The predicted molar refractivity (Wildman–Crippen MR) is 72.3 cm³/mol. The molecule has 1 aliphatic rings. The van der Waals surface area contributed by atoms with Crippen molar-refractivity contribution in [2.24, 2.45) is 5.73 Å². The van der Waals surface area contributed by atoms with Crippen LogP contribution in [0.4, 0.5) is 0 Å². The maximum Gasteiger partial charge on any atom is 0.248 e. The smallest absolute Gasteiger partial charge is 0.248 e. The number of nitrogens with zero attached hydrogens (tertiary/aromatic N) is 1. The van der Waals surface area contributed by atoms with E-state index in [1.807, 2.05) is 18.2 Å². The van der Waals surface area contributed by atoms with Gasteiger partial charge < -0.3 is 16.0 Å². The lowest BCUT2D eigenvalue weighted by molar-refractivity contribution is 0.1000. The van der Waals surface area contributed by atoms with Gasteiger partial charge in [-0.05, 0) is 44.1 Å². The maximum absolute atomic E-state index is 11.1. The van der Waals surface area contributed by atoms with Crippen LogP contribution in [0.3, 0.4) is 0 Å². The summed E-state index contributed by atoms with van der Waals surface area (Å²) in [5.41, 5.74) is 6.96. The van der Waals surface area contributed by atoms with E-state index in [0.29, 0.717) is 11.6 Å². The molecule has 1 heterocycles. The van der Waals surface area contributed by atoms with E-state index in [1.165, 1.54) is 19.4 Å². The van der Waals surface area contributed by atoms with Crippen molar-refractivity contribution in [3.63, 3.8) is 0 Å². The average Bonchev–Trinajstić information content (AvgIpc) is 2.37. The Labute approximate surface area is 108 Å². The van der Waals surface area contributed by atoms with Gasteiger partial charge in [-0.1, -0.05) is 12.1 Å². The molecule has 1 unspecified atom stereocenters. The Kier molecular flexibility index (Phi) is 4.33. The zero-order valence-corrected chi connectivity index (χ0v) is 10.9. The summed E-state index contributed by atoms with van der Waals surface area (Å²) >= 11 is 0. The van der Waals surface area contributed by atoms with Gasteiger partial charge >= 0.3 is 0 Å². The van der Waals surface area contributed by atoms with Gasteiger partial charge in [0.1, 0.15) is 0 Å². The third kappa shape index (κ3) is 3.55. The van der Waals surface area contributed by atoms with E-state index >= 15 is 0 Å². The number of nitrogens with two attached hydrogens (primary N) is 1. The second-order valence-corrected chi connectivity index (χ2v) is 5.05. The van der Waals surface area contributed by atoms with Crippen molar-refractivity contribution >= 4 is 5.91 Å². The minimum absolute atomic E-state index is 0.366. The summed E-state index contributed by atoms with van der Waals surface area (Å²) in [5, 5.41) is 3.54. The van der Waals surface area contributed by atoms with Crippen LogP contribution in [0.15, 0.2) is 24.3 Å². The Hall–Kier alpha value is -1.39. The van der Waals surface area contributed by atoms with Crippen molar-refractivity contribution in [3.05, 3.63) is 35.4 Å². The highest BCUT2D eigenvalue weighted by Crippen LogP contribution is 2.10. The van der Waals surface area contributed by atoms with E-state index in [-0.39, 0.29) is 5.91 Å². The molecule has 2 rings (SSSR count). The fourth-order valence-corrected chi connectivity index (χ4v) is 2.43. The van der Waals surface area contributed by atoms with E-state index in [1.54, 1.807) is 6.07 Å². The van der Waals surface area contributed by atoms with Gasteiger partial charge in [0.05, 0.1) is 0 Å². The second kappa shape index (κ2) is 5.98. The molecule has 0 aromatic heterocycles. The lowest BCUT2D eigenvalue weighted by Crippen LogP contribution is -2.43. The van der Waals surface area contributed by atoms with Gasteiger partial charge in [0.2, 0.25) is 5.91 Å². The lowest BCUT2D eigenvalue weighted by Gasteiger charge is -2.30. The zero-order chi connectivity index (χ0) is 13.0. The van der Waals surface area contributed by atoms with Crippen molar-refractivity contribution in [1.82, 2.24) is 10.2 Å². The first-order chi connectivity index (χ1) is 8.65. The average molecular weight is 247 g/mol. The molecule has 1 saturated heterocycles. The summed E-state index contributed by atoms with van der Waals surface area (Å²) in [7, 11) is 2.15. The Balaban J connectivity index is 1.89. The van der Waals surface area contributed by atoms with Crippen LogP contribution >= 0.6 is 0 Å². The SMILES string of the molecule is CN1CCCC(NCc2cccc(C(N)=O)c2)C1. The first-order valence-electron chi connectivity index (χ1n) is 6.46. The number of likely N-dealkylation sites (tertiary alicyclic amines) is 1. The lowest BCUT2D eigenvalue weighted by atomic mass is 10.1. The quantitative estimate of drug-likeness (QED) is 0.833. The summed E-state index contributed by atoms with van der Waals surface area (Å²) in [4.78, 5) is 13.4. The van der Waals surface area contributed by atoms with Crippen molar-refractivity contribution < 1.29 is 4.79 Å². The molecule has 1 aromatic carbocycles. The van der Waals surface area contributed by atoms with Crippen molar-refractivity contribution in [2.75, 3.05) is 20.1 Å². The van der Waals surface area contributed by atoms with Crippen molar-refractivity contribution in [2.45, 2.75) is 25.4 Å². The number of hydrogen-bond acceptors (Lipinski definition) is 3. The number of hydrogen-bond donors (Lipinski definition) is 2. The van der Waals surface area contributed by atoms with Crippen LogP contribution < -0.4 is 11.1 Å². The Morgan fingerprint density at radius 2 is 2.39 bits per heavy atom. The number of likely N-dealkylation sites (N-methyl/N-ethyl adjacent to an activating group) is 1. The van der Waals surface area contributed by atoms with E-state index in [2.05, 4.69) is 17.3 Å². The maximum atomic E-state index is 11.1. The summed E-state index contributed by atoms with van der Waals surface area (Å²) in [6.45, 7) is 3.07. The van der Waals surface area contributed by atoms with Crippen molar-refractivity contribution in [3.8, 4) is 0 Å². The molecular formula is C14H21N3O. The van der Waals surface area contributed by atoms with Crippen LogP contribution in [0, 0.1) is 0 Å². The fourth-order valence-electron chi connectivity index (χ4n) is 2.43. The molecule has 0 radical (unpaired) electrons. The van der Waals surface area contributed by atoms with Gasteiger partial charge in [-0.25, -0.2) is 0 Å². The summed E-state index contributed by atoms with van der Waals surface area (Å²) < 4.78 is 0. The molecule has 1 amide bonds. The second-order valence-electron chi connectivity index (χ2n) is 5.05. The molecule has 4 nitrogen and oxygen atoms in total. The highest BCUT2D eigenvalue weighted by molar-refractivity contribution is 5.92. The van der Waals surface area contributed by atoms with E-state index in [0.717, 1.165) is 18.7 Å². The molecule has 0 aliphatic carbocycles. The number of piperidine rings is 1. The zero-order valence-electron chi connectivity index (χ0n) is 10.9. The molecular weight excluding hydrogens is 226 g/mol. The van der Waals surface area contributed by atoms with Gasteiger partial charge in [0, 0.05) is 24.7 Å². The molecule has 98 valence electrons. The van der Waals surface area contributed by atoms with Gasteiger partial charge in [-0.2, -0.15) is 0 Å². The van der Waals surface area contributed by atoms with E-state index in [9.17, 15) is 4.79 Å². The molecule has 3 N–H and O–H groups in total. The Bertz CT molecular complexity index is 419. The third-order valence-corrected chi connectivity index (χ3v) is 3.43. The number of primary amides is 1. The molecule has 1 aliphatic heterocycles. The normalized spacial score (nSPS) is 20.8. The van der Waals surface area contributed by atoms with Gasteiger partial charge in [0.15, 0.2) is 0 Å². The molecule has 0 saturated carbocycles. The highest BCUT2D eigenvalue weighted by atomic mass is 16.1. The van der Waals surface area contributed by atoms with Crippen LogP contribution in [0.25, 0.3) is 0 Å². The monoisotopic (exact) mass is 247 g/mol. The number of amides is 1. The first kappa shape index (κ1) is 13.1. The van der Waals surface area contributed by atoms with Crippen LogP contribution in [-0.4, -0.2) is 37.0 Å². The highest BCUT2D eigenvalue weighted by Gasteiger charge is 2.16. The molecule has 1 fully saturated rings. The minimum atomic E-state index is -0.366. The standard InChI is InChI=1S/C14H21N3O/c1-17-7-3-6-13(10-17)16-9-11-4-2-5-12(8-11)14(15)18/h2,4-5,8,13,16H,3,6-7,9-10H2,1H3,(H2,15,18). The van der Waals surface area contributed by atoms with Gasteiger partial charge in [0.25, 0.3) is 0 Å². The van der Waals surface area contributed by atoms with Gasteiger partial charge in [-0.3, -0.25) is 4.79 Å². The van der Waals surface area contributed by atoms with E-state index in [4.69, 9.17) is 5.73 Å². The van der Waals surface area contributed by atoms with E-state index < -0.39 is 0 Å². The topological polar surface area (TPSA) is 58.4 Å². The first-order valence-corrected chi connectivity index (χ1v) is 6.46. The fraction of sp³-hybridized carbons (Fsp3) is 0.500. The Morgan fingerprint density at radius 3 is 3.11 bits per heavy atom. The van der Waals surface area contributed by atoms with Crippen LogP contribution in [0.5, 0.6) is 0 Å². The Morgan fingerprint density at radius 1 is 1.56 bits per heavy atom. The molecule has 4 heteroatoms. The number of nitrogens with one attached hydrogen (secondary N) is 1. The molecule has 18 heavy (non-hydrogen) atoms. The minimum Gasteiger partial charge on any atom is -0.366 e.